The van der Waals surface area contributed by atoms with Crippen molar-refractivity contribution in [3.05, 3.63) is 71.8 Å². The maximum Gasteiger partial charge on any atom is 0.322 e. The van der Waals surface area contributed by atoms with Crippen LogP contribution in [-0.4, -0.2) is 46.0 Å². The van der Waals surface area contributed by atoms with E-state index < -0.39 is 0 Å². The van der Waals surface area contributed by atoms with E-state index in [4.69, 9.17) is 0 Å². The maximum atomic E-state index is 13.3. The van der Waals surface area contributed by atoms with Gasteiger partial charge in [0, 0.05) is 49.3 Å². The highest BCUT2D eigenvalue weighted by Gasteiger charge is 2.29. The fraction of sp³-hybridized carbons (Fsp3) is 0.286. The summed E-state index contributed by atoms with van der Waals surface area (Å²) in [6, 6.07) is 15.9. The number of halogens is 1. The molecule has 1 aromatic heterocycles. The third-order valence-electron chi connectivity index (χ3n) is 4.90. The molecule has 6 nitrogen and oxygen atoms in total. The van der Waals surface area contributed by atoms with Crippen LogP contribution < -0.4 is 10.2 Å². The van der Waals surface area contributed by atoms with Crippen LogP contribution in [0.2, 0.25) is 0 Å². The molecular weight excluding hydrogens is 389 g/mol. The first-order chi connectivity index (χ1) is 14.1. The van der Waals surface area contributed by atoms with Crippen molar-refractivity contribution >= 4 is 28.4 Å². The number of hydrogen-bond donors (Lipinski definition) is 1. The Morgan fingerprint density at radius 2 is 2.03 bits per heavy atom. The van der Waals surface area contributed by atoms with Crippen LogP contribution in [0.15, 0.2) is 54.6 Å². The number of piperazine rings is 1. The molecule has 1 aliphatic heterocycles. The van der Waals surface area contributed by atoms with Gasteiger partial charge in [-0.15, -0.1) is 0 Å². The quantitative estimate of drug-likeness (QED) is 0.705. The second-order valence-electron chi connectivity index (χ2n) is 7.08. The number of carbonyl (C=O) groups is 1. The first-order valence-electron chi connectivity index (χ1n) is 9.53. The molecule has 0 aliphatic carbocycles. The number of hydrogen-bond acceptors (Lipinski definition) is 5. The predicted octanol–water partition coefficient (Wildman–Crippen LogP) is 4.01. The molecule has 2 aromatic carbocycles. The van der Waals surface area contributed by atoms with Crippen molar-refractivity contribution in [3.63, 3.8) is 0 Å². The number of carbonyl (C=O) groups excluding carboxylic acids is 1. The van der Waals surface area contributed by atoms with Gasteiger partial charge in [-0.3, -0.25) is 0 Å². The van der Waals surface area contributed by atoms with Crippen LogP contribution in [0, 0.1) is 5.82 Å². The second kappa shape index (κ2) is 8.57. The molecule has 0 saturated carbocycles. The molecule has 0 spiro atoms. The second-order valence-corrected chi connectivity index (χ2v) is 7.81. The number of anilines is 2. The lowest BCUT2D eigenvalue weighted by Gasteiger charge is -2.39. The van der Waals surface area contributed by atoms with Crippen LogP contribution in [0.25, 0.3) is 0 Å². The van der Waals surface area contributed by atoms with Gasteiger partial charge in [-0.25, -0.2) is 14.2 Å². The first-order valence-corrected chi connectivity index (χ1v) is 10.3. The van der Waals surface area contributed by atoms with E-state index in [1.165, 1.54) is 29.2 Å². The summed E-state index contributed by atoms with van der Waals surface area (Å²) >= 11 is 1.40. The van der Waals surface area contributed by atoms with Gasteiger partial charge in [-0.2, -0.15) is 4.37 Å². The van der Waals surface area contributed by atoms with E-state index in [1.807, 2.05) is 25.1 Å². The van der Waals surface area contributed by atoms with Gasteiger partial charge in [0.2, 0.25) is 5.13 Å². The molecule has 1 unspecified atom stereocenters. The molecule has 2 amide bonds. The smallest absolute Gasteiger partial charge is 0.322 e. The fourth-order valence-electron chi connectivity index (χ4n) is 3.42. The fourth-order valence-corrected chi connectivity index (χ4v) is 4.14. The monoisotopic (exact) mass is 411 g/mol. The standard InChI is InChI=1S/C21H22FN5OS/c1-15-14-26(21-24-19(25-29-21)12-16-6-3-2-4-7-16)10-11-27(15)20(28)23-18-9-5-8-17(22)13-18/h2-9,13,15H,10-12,14H2,1H3,(H,23,28). The Labute approximate surface area is 173 Å². The molecule has 1 fully saturated rings. The summed E-state index contributed by atoms with van der Waals surface area (Å²) in [5.74, 6) is 0.443. The van der Waals surface area contributed by atoms with Crippen LogP contribution in [-0.2, 0) is 6.42 Å². The topological polar surface area (TPSA) is 61.4 Å². The average molecular weight is 412 g/mol. The summed E-state index contributed by atoms with van der Waals surface area (Å²) in [5.41, 5.74) is 1.64. The summed E-state index contributed by atoms with van der Waals surface area (Å²) in [7, 11) is 0. The van der Waals surface area contributed by atoms with Crippen molar-refractivity contribution < 1.29 is 9.18 Å². The van der Waals surface area contributed by atoms with Crippen LogP contribution in [0.4, 0.5) is 20.0 Å². The van der Waals surface area contributed by atoms with E-state index in [9.17, 15) is 9.18 Å². The van der Waals surface area contributed by atoms with Crippen molar-refractivity contribution in [1.29, 1.82) is 0 Å². The molecule has 8 heteroatoms. The molecular formula is C21H22FN5OS. The number of nitrogens with zero attached hydrogens (tertiary/aromatic N) is 4. The van der Waals surface area contributed by atoms with Crippen molar-refractivity contribution in [2.75, 3.05) is 29.9 Å². The van der Waals surface area contributed by atoms with Gasteiger partial charge in [0.25, 0.3) is 0 Å². The lowest BCUT2D eigenvalue weighted by molar-refractivity contribution is 0.185. The molecule has 29 heavy (non-hydrogen) atoms. The summed E-state index contributed by atoms with van der Waals surface area (Å²) in [4.78, 5) is 21.2. The molecule has 1 N–H and O–H groups in total. The Morgan fingerprint density at radius 3 is 2.79 bits per heavy atom. The predicted molar refractivity (Wildman–Crippen MR) is 113 cm³/mol. The Bertz CT molecular complexity index is 980. The Kier molecular flexibility index (Phi) is 5.71. The molecule has 0 radical (unpaired) electrons. The zero-order valence-corrected chi connectivity index (χ0v) is 16.9. The van der Waals surface area contributed by atoms with Crippen molar-refractivity contribution in [2.24, 2.45) is 0 Å². The maximum absolute atomic E-state index is 13.3. The summed E-state index contributed by atoms with van der Waals surface area (Å²) < 4.78 is 17.8. The van der Waals surface area contributed by atoms with Gasteiger partial charge in [-0.05, 0) is 30.7 Å². The van der Waals surface area contributed by atoms with Gasteiger partial charge >= 0.3 is 6.03 Å². The Hall–Kier alpha value is -3.00. The van der Waals surface area contributed by atoms with Crippen LogP contribution in [0.3, 0.4) is 0 Å². The molecule has 0 bridgehead atoms. The number of benzene rings is 2. The normalized spacial score (nSPS) is 16.7. The minimum absolute atomic E-state index is 0.00113. The van der Waals surface area contributed by atoms with Crippen molar-refractivity contribution in [1.82, 2.24) is 14.3 Å². The number of nitrogens with one attached hydrogen (secondary N) is 1. The first kappa shape index (κ1) is 19.3. The summed E-state index contributed by atoms with van der Waals surface area (Å²) in [5, 5.41) is 3.65. The van der Waals surface area contributed by atoms with Crippen LogP contribution >= 0.6 is 11.5 Å². The van der Waals surface area contributed by atoms with Crippen LogP contribution in [0.5, 0.6) is 0 Å². The third kappa shape index (κ3) is 4.71. The van der Waals surface area contributed by atoms with Gasteiger partial charge in [0.1, 0.15) is 11.6 Å². The van der Waals surface area contributed by atoms with Gasteiger partial charge in [0.15, 0.2) is 0 Å². The summed E-state index contributed by atoms with van der Waals surface area (Å²) in [6.45, 7) is 3.93. The lowest BCUT2D eigenvalue weighted by atomic mass is 10.1. The van der Waals surface area contributed by atoms with Gasteiger partial charge in [-0.1, -0.05) is 36.4 Å². The van der Waals surface area contributed by atoms with Gasteiger partial charge < -0.3 is 15.1 Å². The highest BCUT2D eigenvalue weighted by atomic mass is 32.1. The summed E-state index contributed by atoms with van der Waals surface area (Å²) in [6.07, 6.45) is 0.711. The van der Waals surface area contributed by atoms with Gasteiger partial charge in [0.05, 0.1) is 0 Å². The Morgan fingerprint density at radius 1 is 1.21 bits per heavy atom. The molecule has 1 atom stereocenters. The Balaban J connectivity index is 1.36. The van der Waals surface area contributed by atoms with Crippen LogP contribution in [0.1, 0.15) is 18.3 Å². The van der Waals surface area contributed by atoms with E-state index in [-0.39, 0.29) is 17.9 Å². The number of urea groups is 1. The molecule has 150 valence electrons. The largest absolute Gasteiger partial charge is 0.343 e. The zero-order chi connectivity index (χ0) is 20.2. The average Bonchev–Trinajstić information content (AvgIpc) is 3.17. The lowest BCUT2D eigenvalue weighted by Crippen LogP contribution is -2.55. The van der Waals surface area contributed by atoms with E-state index in [2.05, 4.69) is 31.7 Å². The minimum atomic E-state index is -0.372. The van der Waals surface area contributed by atoms with Crippen molar-refractivity contribution in [2.45, 2.75) is 19.4 Å². The highest BCUT2D eigenvalue weighted by Crippen LogP contribution is 2.23. The van der Waals surface area contributed by atoms with Crippen molar-refractivity contribution in [3.8, 4) is 0 Å². The van der Waals surface area contributed by atoms with E-state index in [0.717, 1.165) is 11.0 Å². The number of rotatable bonds is 4. The highest BCUT2D eigenvalue weighted by molar-refractivity contribution is 7.09. The number of amides is 2. The van der Waals surface area contributed by atoms with E-state index in [0.29, 0.717) is 31.7 Å². The number of aromatic nitrogens is 2. The molecule has 1 aliphatic rings. The molecule has 4 rings (SSSR count). The van der Waals surface area contributed by atoms with E-state index >= 15 is 0 Å². The van der Waals surface area contributed by atoms with E-state index in [1.54, 1.807) is 17.0 Å². The molecule has 1 saturated heterocycles. The molecule has 3 aromatic rings. The zero-order valence-electron chi connectivity index (χ0n) is 16.1. The third-order valence-corrected chi connectivity index (χ3v) is 5.71. The molecule has 2 heterocycles. The minimum Gasteiger partial charge on any atom is -0.343 e. The SMILES string of the molecule is CC1CN(c2nc(Cc3ccccc3)ns2)CCN1C(=O)Nc1cccc(F)c1.